The Morgan fingerprint density at radius 1 is 1.47 bits per heavy atom. The van der Waals surface area contributed by atoms with Gasteiger partial charge in [-0.1, -0.05) is 13.8 Å². The second-order valence-corrected chi connectivity index (χ2v) is 6.60. The van der Waals surface area contributed by atoms with E-state index in [-0.39, 0.29) is 18.1 Å². The molecule has 1 amide bonds. The summed E-state index contributed by atoms with van der Waals surface area (Å²) in [5.74, 6) is 0.468. The lowest BCUT2D eigenvalue weighted by molar-refractivity contribution is -0.0385. The molecule has 5 heteroatoms. The van der Waals surface area contributed by atoms with Crippen LogP contribution in [-0.4, -0.2) is 41.1 Å². The zero-order valence-electron chi connectivity index (χ0n) is 12.3. The molecule has 2 heterocycles. The molecule has 2 atom stereocenters. The highest BCUT2D eigenvalue weighted by Crippen LogP contribution is 2.27. The van der Waals surface area contributed by atoms with Crippen molar-refractivity contribution in [1.82, 2.24) is 9.88 Å². The van der Waals surface area contributed by atoms with Gasteiger partial charge >= 0.3 is 0 Å². The quantitative estimate of drug-likeness (QED) is 0.837. The number of hydrogen-bond donors (Lipinski definition) is 0. The number of thiazole rings is 1. The van der Waals surface area contributed by atoms with Crippen LogP contribution in [-0.2, 0) is 4.74 Å². The van der Waals surface area contributed by atoms with E-state index in [4.69, 9.17) is 4.74 Å². The van der Waals surface area contributed by atoms with Crippen LogP contribution in [0.25, 0.3) is 0 Å². The zero-order valence-corrected chi connectivity index (χ0v) is 13.1. The molecular weight excluding hydrogens is 260 g/mol. The van der Waals surface area contributed by atoms with Gasteiger partial charge in [-0.2, -0.15) is 0 Å². The van der Waals surface area contributed by atoms with Gasteiger partial charge in [0, 0.05) is 12.5 Å². The predicted octanol–water partition coefficient (Wildman–Crippen LogP) is 2.82. The molecule has 106 valence electrons. The maximum absolute atomic E-state index is 12.7. The minimum absolute atomic E-state index is 0.101. The van der Waals surface area contributed by atoms with Crippen LogP contribution >= 0.6 is 11.3 Å². The second-order valence-electron chi connectivity index (χ2n) is 5.57. The highest BCUT2D eigenvalue weighted by molar-refractivity contribution is 7.13. The first-order valence-electron chi connectivity index (χ1n) is 6.80. The van der Waals surface area contributed by atoms with Crippen LogP contribution in [0.2, 0.25) is 0 Å². The summed E-state index contributed by atoms with van der Waals surface area (Å²) in [5.41, 5.74) is 0.852. The lowest BCUT2D eigenvalue weighted by atomic mass is 10.2. The lowest BCUT2D eigenvalue weighted by Gasteiger charge is -2.36. The number of carbonyl (C=O) groups excluding carboxylic acids is 1. The fourth-order valence-electron chi connectivity index (χ4n) is 2.18. The third kappa shape index (κ3) is 2.98. The van der Waals surface area contributed by atoms with E-state index in [2.05, 4.69) is 18.8 Å². The average molecular weight is 282 g/mol. The normalized spacial score (nSPS) is 24.0. The van der Waals surface area contributed by atoms with Crippen LogP contribution in [0.5, 0.6) is 0 Å². The number of aryl methyl sites for hydroxylation is 1. The van der Waals surface area contributed by atoms with E-state index in [1.807, 2.05) is 25.7 Å². The van der Waals surface area contributed by atoms with Crippen molar-refractivity contribution in [3.8, 4) is 0 Å². The fourth-order valence-corrected chi connectivity index (χ4v) is 3.20. The number of rotatable bonds is 2. The summed E-state index contributed by atoms with van der Waals surface area (Å²) in [6.07, 6.45) is 0.109. The summed E-state index contributed by atoms with van der Waals surface area (Å²) in [7, 11) is 0. The van der Waals surface area contributed by atoms with E-state index in [9.17, 15) is 4.79 Å². The van der Waals surface area contributed by atoms with E-state index in [1.54, 1.807) is 0 Å². The third-order valence-electron chi connectivity index (χ3n) is 3.37. The molecule has 0 aliphatic carbocycles. The molecule has 1 saturated heterocycles. The maximum Gasteiger partial charge on any atom is 0.266 e. The Bertz CT molecular complexity index is 470. The van der Waals surface area contributed by atoms with Gasteiger partial charge in [0.05, 0.1) is 29.5 Å². The first-order valence-corrected chi connectivity index (χ1v) is 7.61. The van der Waals surface area contributed by atoms with Crippen LogP contribution in [0.1, 0.15) is 54.0 Å². The van der Waals surface area contributed by atoms with Crippen LogP contribution in [0, 0.1) is 6.92 Å². The average Bonchev–Trinajstić information content (AvgIpc) is 2.74. The number of ether oxygens (including phenoxy) is 1. The molecule has 1 aliphatic rings. The standard InChI is InChI=1S/C14H22N2O2S/c1-8(2)13-15-11(5)12(19-13)14(17)16-6-10(4)18-7-9(16)3/h8-10H,6-7H2,1-5H3/t9-,10+/m1/s1. The van der Waals surface area contributed by atoms with Crippen molar-refractivity contribution in [3.63, 3.8) is 0 Å². The molecule has 0 saturated carbocycles. The number of carbonyl (C=O) groups is 1. The van der Waals surface area contributed by atoms with Crippen molar-refractivity contribution in [2.45, 2.75) is 52.7 Å². The van der Waals surface area contributed by atoms with E-state index in [0.29, 0.717) is 19.1 Å². The zero-order chi connectivity index (χ0) is 14.2. The highest BCUT2D eigenvalue weighted by Gasteiger charge is 2.30. The van der Waals surface area contributed by atoms with Crippen molar-refractivity contribution in [2.75, 3.05) is 13.2 Å². The fraction of sp³-hybridized carbons (Fsp3) is 0.714. The Kier molecular flexibility index (Phi) is 4.26. The molecule has 0 N–H and O–H groups in total. The summed E-state index contributed by atoms with van der Waals surface area (Å²) < 4.78 is 5.57. The van der Waals surface area contributed by atoms with Crippen molar-refractivity contribution >= 4 is 17.2 Å². The Morgan fingerprint density at radius 2 is 2.16 bits per heavy atom. The Labute approximate surface area is 118 Å². The first-order chi connectivity index (χ1) is 8.90. The highest BCUT2D eigenvalue weighted by atomic mass is 32.1. The molecule has 2 rings (SSSR count). The minimum atomic E-state index is 0.101. The van der Waals surface area contributed by atoms with Crippen LogP contribution < -0.4 is 0 Å². The monoisotopic (exact) mass is 282 g/mol. The van der Waals surface area contributed by atoms with E-state index < -0.39 is 0 Å². The summed E-state index contributed by atoms with van der Waals surface area (Å²) in [6, 6.07) is 0.132. The van der Waals surface area contributed by atoms with Gasteiger partial charge in [0.15, 0.2) is 0 Å². The van der Waals surface area contributed by atoms with Crippen molar-refractivity contribution in [2.24, 2.45) is 0 Å². The predicted molar refractivity (Wildman–Crippen MR) is 76.9 cm³/mol. The molecular formula is C14H22N2O2S. The smallest absolute Gasteiger partial charge is 0.266 e. The van der Waals surface area contributed by atoms with Gasteiger partial charge in [0.25, 0.3) is 5.91 Å². The number of nitrogens with zero attached hydrogens (tertiary/aromatic N) is 2. The molecule has 1 aliphatic heterocycles. The van der Waals surface area contributed by atoms with Gasteiger partial charge in [0.2, 0.25) is 0 Å². The third-order valence-corrected chi connectivity index (χ3v) is 4.82. The van der Waals surface area contributed by atoms with Crippen LogP contribution in [0.3, 0.4) is 0 Å². The van der Waals surface area contributed by atoms with E-state index in [0.717, 1.165) is 15.6 Å². The number of aromatic nitrogens is 1. The Morgan fingerprint density at radius 3 is 2.74 bits per heavy atom. The molecule has 19 heavy (non-hydrogen) atoms. The lowest BCUT2D eigenvalue weighted by Crippen LogP contribution is -2.50. The summed E-state index contributed by atoms with van der Waals surface area (Å²) in [4.78, 5) is 19.9. The summed E-state index contributed by atoms with van der Waals surface area (Å²) in [6.45, 7) is 11.4. The van der Waals surface area contributed by atoms with Crippen molar-refractivity contribution < 1.29 is 9.53 Å². The van der Waals surface area contributed by atoms with Crippen molar-refractivity contribution in [1.29, 1.82) is 0 Å². The van der Waals surface area contributed by atoms with Crippen LogP contribution in [0.15, 0.2) is 0 Å². The largest absolute Gasteiger partial charge is 0.375 e. The Balaban J connectivity index is 2.23. The maximum atomic E-state index is 12.7. The number of hydrogen-bond acceptors (Lipinski definition) is 4. The molecule has 0 bridgehead atoms. The molecule has 0 aromatic carbocycles. The van der Waals surface area contributed by atoms with Gasteiger partial charge < -0.3 is 9.64 Å². The van der Waals surface area contributed by atoms with E-state index in [1.165, 1.54) is 11.3 Å². The first kappa shape index (κ1) is 14.5. The van der Waals surface area contributed by atoms with E-state index >= 15 is 0 Å². The van der Waals surface area contributed by atoms with Gasteiger partial charge in [-0.05, 0) is 20.8 Å². The molecule has 0 spiro atoms. The molecule has 1 fully saturated rings. The van der Waals surface area contributed by atoms with Gasteiger partial charge in [-0.25, -0.2) is 4.98 Å². The van der Waals surface area contributed by atoms with Gasteiger partial charge in [-0.15, -0.1) is 11.3 Å². The SMILES string of the molecule is Cc1nc(C(C)C)sc1C(=O)N1C[C@H](C)OC[C@H]1C. The topological polar surface area (TPSA) is 42.4 Å². The second kappa shape index (κ2) is 5.59. The molecule has 1 aromatic rings. The van der Waals surface area contributed by atoms with Crippen LogP contribution in [0.4, 0.5) is 0 Å². The summed E-state index contributed by atoms with van der Waals surface area (Å²) in [5, 5.41) is 1.04. The number of amides is 1. The van der Waals surface area contributed by atoms with Gasteiger partial charge in [-0.3, -0.25) is 4.79 Å². The summed E-state index contributed by atoms with van der Waals surface area (Å²) >= 11 is 1.53. The van der Waals surface area contributed by atoms with Crippen molar-refractivity contribution in [3.05, 3.63) is 15.6 Å². The molecule has 0 unspecified atom stereocenters. The minimum Gasteiger partial charge on any atom is -0.375 e. The number of morpholine rings is 1. The Hall–Kier alpha value is -0.940. The van der Waals surface area contributed by atoms with Gasteiger partial charge in [0.1, 0.15) is 4.88 Å². The molecule has 1 aromatic heterocycles. The molecule has 4 nitrogen and oxygen atoms in total. The molecule has 0 radical (unpaired) electrons.